The van der Waals surface area contributed by atoms with Crippen molar-refractivity contribution < 1.29 is 9.18 Å². The third-order valence-electron chi connectivity index (χ3n) is 4.06. The average molecular weight is 355 g/mol. The van der Waals surface area contributed by atoms with Crippen LogP contribution in [0.5, 0.6) is 0 Å². The van der Waals surface area contributed by atoms with E-state index in [2.05, 4.69) is 17.6 Å². The number of amides is 1. The summed E-state index contributed by atoms with van der Waals surface area (Å²) in [6.07, 6.45) is 0.961. The van der Waals surface area contributed by atoms with E-state index in [1.807, 2.05) is 12.1 Å². The minimum absolute atomic E-state index is 0. The summed E-state index contributed by atoms with van der Waals surface area (Å²) in [5.41, 5.74) is 0.931. The molecule has 0 bridgehead atoms. The Kier molecular flexibility index (Phi) is 6.16. The number of nitrogens with one attached hydrogen (secondary N) is 2. The van der Waals surface area contributed by atoms with E-state index < -0.39 is 0 Å². The molecule has 1 aromatic carbocycles. The summed E-state index contributed by atoms with van der Waals surface area (Å²) in [7, 11) is 0. The Morgan fingerprint density at radius 2 is 2.00 bits per heavy atom. The van der Waals surface area contributed by atoms with E-state index in [1.165, 1.54) is 23.5 Å². The molecule has 1 saturated heterocycles. The van der Waals surface area contributed by atoms with E-state index in [0.29, 0.717) is 10.8 Å². The maximum atomic E-state index is 13.0. The first-order chi connectivity index (χ1) is 10.6. The Morgan fingerprint density at radius 1 is 1.26 bits per heavy atom. The SMILES string of the molecule is CC1CNCCC1NC(=O)c1ccc(-c2ccc(F)cc2)s1.Cl. The lowest BCUT2D eigenvalue weighted by atomic mass is 9.95. The largest absolute Gasteiger partial charge is 0.348 e. The van der Waals surface area contributed by atoms with Crippen molar-refractivity contribution in [3.63, 3.8) is 0 Å². The van der Waals surface area contributed by atoms with Crippen LogP contribution in [-0.4, -0.2) is 25.0 Å². The van der Waals surface area contributed by atoms with Gasteiger partial charge in [0.25, 0.3) is 5.91 Å². The molecule has 2 aromatic rings. The third kappa shape index (κ3) is 4.31. The van der Waals surface area contributed by atoms with E-state index in [0.717, 1.165) is 30.0 Å². The van der Waals surface area contributed by atoms with Gasteiger partial charge < -0.3 is 10.6 Å². The predicted octanol–water partition coefficient (Wildman–Crippen LogP) is 3.70. The van der Waals surface area contributed by atoms with Gasteiger partial charge in [-0.05, 0) is 55.3 Å². The molecule has 2 heterocycles. The van der Waals surface area contributed by atoms with E-state index in [9.17, 15) is 9.18 Å². The highest BCUT2D eigenvalue weighted by Crippen LogP contribution is 2.28. The number of carbonyl (C=O) groups excluding carboxylic acids is 1. The number of carbonyl (C=O) groups is 1. The number of benzene rings is 1. The second-order valence-corrected chi connectivity index (χ2v) is 6.80. The lowest BCUT2D eigenvalue weighted by Gasteiger charge is -2.30. The molecule has 23 heavy (non-hydrogen) atoms. The Bertz CT molecular complexity index is 659. The van der Waals surface area contributed by atoms with Gasteiger partial charge in [-0.25, -0.2) is 4.39 Å². The number of piperidine rings is 1. The highest BCUT2D eigenvalue weighted by molar-refractivity contribution is 7.17. The van der Waals surface area contributed by atoms with Gasteiger partial charge in [0.15, 0.2) is 0 Å². The molecule has 1 aliphatic rings. The molecule has 1 aromatic heterocycles. The summed E-state index contributed by atoms with van der Waals surface area (Å²) in [5.74, 6) is 0.171. The van der Waals surface area contributed by atoms with Crippen molar-refractivity contribution in [1.82, 2.24) is 10.6 Å². The van der Waals surface area contributed by atoms with Crippen LogP contribution in [0.3, 0.4) is 0 Å². The fourth-order valence-corrected chi connectivity index (χ4v) is 3.61. The molecule has 0 radical (unpaired) electrons. The van der Waals surface area contributed by atoms with Gasteiger partial charge in [0.05, 0.1) is 4.88 Å². The van der Waals surface area contributed by atoms with Crippen molar-refractivity contribution in [3.8, 4) is 10.4 Å². The zero-order valence-electron chi connectivity index (χ0n) is 12.8. The zero-order valence-corrected chi connectivity index (χ0v) is 14.5. The molecular weight excluding hydrogens is 335 g/mol. The van der Waals surface area contributed by atoms with Crippen LogP contribution in [0.2, 0.25) is 0 Å². The predicted molar refractivity (Wildman–Crippen MR) is 94.9 cm³/mol. The highest BCUT2D eigenvalue weighted by atomic mass is 35.5. The quantitative estimate of drug-likeness (QED) is 0.882. The first-order valence-electron chi connectivity index (χ1n) is 7.51. The Hall–Kier alpha value is -1.43. The number of hydrogen-bond donors (Lipinski definition) is 2. The van der Waals surface area contributed by atoms with Crippen molar-refractivity contribution in [2.24, 2.45) is 5.92 Å². The maximum absolute atomic E-state index is 13.0. The molecule has 2 N–H and O–H groups in total. The molecule has 1 amide bonds. The summed E-state index contributed by atoms with van der Waals surface area (Å²) in [5, 5.41) is 6.46. The van der Waals surface area contributed by atoms with Crippen LogP contribution >= 0.6 is 23.7 Å². The minimum atomic E-state index is -0.252. The molecule has 0 saturated carbocycles. The van der Waals surface area contributed by atoms with Crippen molar-refractivity contribution >= 4 is 29.7 Å². The van der Waals surface area contributed by atoms with Gasteiger partial charge in [0.1, 0.15) is 5.82 Å². The van der Waals surface area contributed by atoms with Gasteiger partial charge in [-0.3, -0.25) is 4.79 Å². The van der Waals surface area contributed by atoms with Crippen LogP contribution in [-0.2, 0) is 0 Å². The van der Waals surface area contributed by atoms with Crippen molar-refractivity contribution in [2.45, 2.75) is 19.4 Å². The second-order valence-electron chi connectivity index (χ2n) is 5.72. The lowest BCUT2D eigenvalue weighted by molar-refractivity contribution is 0.0918. The molecule has 1 fully saturated rings. The van der Waals surface area contributed by atoms with Crippen LogP contribution in [0.15, 0.2) is 36.4 Å². The van der Waals surface area contributed by atoms with Gasteiger partial charge >= 0.3 is 0 Å². The first kappa shape index (κ1) is 17.9. The Morgan fingerprint density at radius 3 is 2.70 bits per heavy atom. The topological polar surface area (TPSA) is 41.1 Å². The van der Waals surface area contributed by atoms with Crippen LogP contribution < -0.4 is 10.6 Å². The van der Waals surface area contributed by atoms with Crippen LogP contribution in [0.1, 0.15) is 23.0 Å². The van der Waals surface area contributed by atoms with Gasteiger partial charge in [-0.1, -0.05) is 19.1 Å². The van der Waals surface area contributed by atoms with Gasteiger partial charge in [0.2, 0.25) is 0 Å². The molecule has 3 nitrogen and oxygen atoms in total. The number of thiophene rings is 1. The summed E-state index contributed by atoms with van der Waals surface area (Å²) in [6.45, 7) is 4.03. The molecule has 3 rings (SSSR count). The summed E-state index contributed by atoms with van der Waals surface area (Å²) >= 11 is 1.44. The number of hydrogen-bond acceptors (Lipinski definition) is 3. The Balaban J connectivity index is 0.00000192. The smallest absolute Gasteiger partial charge is 0.261 e. The highest BCUT2D eigenvalue weighted by Gasteiger charge is 2.23. The maximum Gasteiger partial charge on any atom is 0.261 e. The molecular formula is C17H20ClFN2OS. The number of rotatable bonds is 3. The van der Waals surface area contributed by atoms with E-state index in [1.54, 1.807) is 12.1 Å². The average Bonchev–Trinajstić information content (AvgIpc) is 3.00. The molecule has 124 valence electrons. The summed E-state index contributed by atoms with van der Waals surface area (Å²) < 4.78 is 13.0. The monoisotopic (exact) mass is 354 g/mol. The second kappa shape index (κ2) is 7.90. The molecule has 2 unspecified atom stereocenters. The fourth-order valence-electron chi connectivity index (χ4n) is 2.70. The van der Waals surface area contributed by atoms with Gasteiger partial charge in [0, 0.05) is 10.9 Å². The van der Waals surface area contributed by atoms with Crippen LogP contribution in [0, 0.1) is 11.7 Å². The summed E-state index contributed by atoms with van der Waals surface area (Å²) in [6, 6.07) is 10.3. The number of halogens is 2. The van der Waals surface area contributed by atoms with Crippen LogP contribution in [0.4, 0.5) is 4.39 Å². The molecule has 0 spiro atoms. The Labute approximate surface area is 145 Å². The third-order valence-corrected chi connectivity index (χ3v) is 5.19. The minimum Gasteiger partial charge on any atom is -0.348 e. The van der Waals surface area contributed by atoms with E-state index in [4.69, 9.17) is 0 Å². The van der Waals surface area contributed by atoms with Crippen molar-refractivity contribution in [2.75, 3.05) is 13.1 Å². The van der Waals surface area contributed by atoms with Crippen molar-refractivity contribution in [3.05, 3.63) is 47.1 Å². The molecule has 6 heteroatoms. The fraction of sp³-hybridized carbons (Fsp3) is 0.353. The van der Waals surface area contributed by atoms with Gasteiger partial charge in [-0.15, -0.1) is 23.7 Å². The van der Waals surface area contributed by atoms with E-state index >= 15 is 0 Å². The van der Waals surface area contributed by atoms with Crippen LogP contribution in [0.25, 0.3) is 10.4 Å². The molecule has 1 aliphatic heterocycles. The molecule has 2 atom stereocenters. The van der Waals surface area contributed by atoms with Crippen molar-refractivity contribution in [1.29, 1.82) is 0 Å². The first-order valence-corrected chi connectivity index (χ1v) is 8.32. The zero-order chi connectivity index (χ0) is 15.5. The normalized spacial score (nSPS) is 20.6. The van der Waals surface area contributed by atoms with E-state index in [-0.39, 0.29) is 30.2 Å². The summed E-state index contributed by atoms with van der Waals surface area (Å²) in [4.78, 5) is 14.1. The standard InChI is InChI=1S/C17H19FN2OS.ClH/c1-11-10-19-9-8-14(11)20-17(21)16-7-6-15(22-16)12-2-4-13(18)5-3-12;/h2-7,11,14,19H,8-10H2,1H3,(H,20,21);1H. The lowest BCUT2D eigenvalue weighted by Crippen LogP contribution is -2.48. The molecule has 0 aliphatic carbocycles. The van der Waals surface area contributed by atoms with Gasteiger partial charge in [-0.2, -0.15) is 0 Å².